The zero-order valence-electron chi connectivity index (χ0n) is 9.19. The Balaban J connectivity index is 2.35. The number of benzene rings is 1. The van der Waals surface area contributed by atoms with Crippen LogP contribution in [-0.4, -0.2) is 11.5 Å². The molecule has 82 valence electrons. The SMILES string of the molecule is CC(C)(N)CC(=O)OCc1ccccc1. The van der Waals surface area contributed by atoms with Crippen molar-refractivity contribution in [2.75, 3.05) is 0 Å². The average Bonchev–Trinajstić information content (AvgIpc) is 2.14. The summed E-state index contributed by atoms with van der Waals surface area (Å²) in [7, 11) is 0. The van der Waals surface area contributed by atoms with Gasteiger partial charge in [-0.05, 0) is 19.4 Å². The lowest BCUT2D eigenvalue weighted by Gasteiger charge is -2.16. The molecule has 1 aromatic carbocycles. The lowest BCUT2D eigenvalue weighted by atomic mass is 10.0. The van der Waals surface area contributed by atoms with Gasteiger partial charge in [-0.1, -0.05) is 30.3 Å². The maximum atomic E-state index is 11.3. The topological polar surface area (TPSA) is 52.3 Å². The Bertz CT molecular complexity index is 314. The molecule has 0 aliphatic heterocycles. The Morgan fingerprint density at radius 1 is 1.33 bits per heavy atom. The van der Waals surface area contributed by atoms with Gasteiger partial charge in [0.1, 0.15) is 6.61 Å². The fraction of sp³-hybridized carbons (Fsp3) is 0.417. The molecule has 0 radical (unpaired) electrons. The van der Waals surface area contributed by atoms with E-state index in [1.54, 1.807) is 13.8 Å². The van der Waals surface area contributed by atoms with E-state index in [4.69, 9.17) is 10.5 Å². The van der Waals surface area contributed by atoms with Gasteiger partial charge in [0.15, 0.2) is 0 Å². The Kier molecular flexibility index (Phi) is 3.86. The zero-order valence-corrected chi connectivity index (χ0v) is 9.19. The number of hydrogen-bond donors (Lipinski definition) is 1. The number of ether oxygens (including phenoxy) is 1. The molecule has 3 nitrogen and oxygen atoms in total. The van der Waals surface area contributed by atoms with Gasteiger partial charge in [-0.3, -0.25) is 4.79 Å². The molecular weight excluding hydrogens is 190 g/mol. The van der Waals surface area contributed by atoms with Crippen molar-refractivity contribution in [2.24, 2.45) is 5.73 Å². The van der Waals surface area contributed by atoms with Crippen molar-refractivity contribution < 1.29 is 9.53 Å². The first-order valence-electron chi connectivity index (χ1n) is 4.96. The van der Waals surface area contributed by atoms with Crippen LogP contribution in [0.2, 0.25) is 0 Å². The maximum Gasteiger partial charge on any atom is 0.307 e. The molecule has 0 aliphatic carbocycles. The summed E-state index contributed by atoms with van der Waals surface area (Å²) in [5, 5.41) is 0. The third-order valence-corrected chi connectivity index (χ3v) is 1.84. The molecule has 0 saturated carbocycles. The van der Waals surface area contributed by atoms with E-state index in [1.165, 1.54) is 0 Å². The van der Waals surface area contributed by atoms with Crippen LogP contribution in [-0.2, 0) is 16.1 Å². The molecule has 3 heteroatoms. The Labute approximate surface area is 90.2 Å². The molecule has 15 heavy (non-hydrogen) atoms. The fourth-order valence-corrected chi connectivity index (χ4v) is 1.16. The minimum atomic E-state index is -0.506. The van der Waals surface area contributed by atoms with Gasteiger partial charge >= 0.3 is 5.97 Å². The molecule has 0 fully saturated rings. The Morgan fingerprint density at radius 3 is 2.47 bits per heavy atom. The summed E-state index contributed by atoms with van der Waals surface area (Å²) in [5.74, 6) is -0.258. The monoisotopic (exact) mass is 207 g/mol. The highest BCUT2D eigenvalue weighted by Crippen LogP contribution is 2.07. The smallest absolute Gasteiger partial charge is 0.307 e. The summed E-state index contributed by atoms with van der Waals surface area (Å²) in [5.41, 5.74) is 6.19. The van der Waals surface area contributed by atoms with Gasteiger partial charge in [-0.15, -0.1) is 0 Å². The molecule has 0 unspecified atom stereocenters. The number of nitrogens with two attached hydrogens (primary N) is 1. The second-order valence-corrected chi connectivity index (χ2v) is 4.31. The minimum absolute atomic E-state index is 0.236. The van der Waals surface area contributed by atoms with Crippen molar-refractivity contribution >= 4 is 5.97 Å². The first-order chi connectivity index (χ1) is 6.97. The lowest BCUT2D eigenvalue weighted by molar-refractivity contribution is -0.146. The number of esters is 1. The van der Waals surface area contributed by atoms with Crippen molar-refractivity contribution in [1.82, 2.24) is 0 Å². The van der Waals surface area contributed by atoms with Gasteiger partial charge in [0.05, 0.1) is 6.42 Å². The Hall–Kier alpha value is -1.35. The standard InChI is InChI=1S/C12H17NO2/c1-12(2,13)8-11(14)15-9-10-6-4-3-5-7-10/h3-7H,8-9,13H2,1-2H3. The highest BCUT2D eigenvalue weighted by atomic mass is 16.5. The third-order valence-electron chi connectivity index (χ3n) is 1.84. The van der Waals surface area contributed by atoms with E-state index in [9.17, 15) is 4.79 Å². The molecule has 0 aliphatic rings. The van der Waals surface area contributed by atoms with E-state index in [1.807, 2.05) is 30.3 Å². The summed E-state index contributed by atoms with van der Waals surface area (Å²) in [6.07, 6.45) is 0.236. The highest BCUT2D eigenvalue weighted by molar-refractivity contribution is 5.70. The second kappa shape index (κ2) is 4.94. The molecule has 0 atom stereocenters. The zero-order chi connectivity index (χ0) is 11.3. The predicted octanol–water partition coefficient (Wildman–Crippen LogP) is 1.86. The molecule has 0 heterocycles. The van der Waals surface area contributed by atoms with Gasteiger partial charge < -0.3 is 10.5 Å². The third kappa shape index (κ3) is 5.18. The average molecular weight is 207 g/mol. The number of hydrogen-bond acceptors (Lipinski definition) is 3. The summed E-state index contributed by atoms with van der Waals surface area (Å²) in [6.45, 7) is 3.92. The van der Waals surface area contributed by atoms with Crippen LogP contribution >= 0.6 is 0 Å². The van der Waals surface area contributed by atoms with Crippen LogP contribution in [0.5, 0.6) is 0 Å². The van der Waals surface area contributed by atoms with E-state index in [2.05, 4.69) is 0 Å². The lowest BCUT2D eigenvalue weighted by Crippen LogP contribution is -2.35. The quantitative estimate of drug-likeness (QED) is 0.767. The molecule has 1 aromatic rings. The van der Waals surface area contributed by atoms with Gasteiger partial charge in [0.2, 0.25) is 0 Å². The first-order valence-corrected chi connectivity index (χ1v) is 4.96. The minimum Gasteiger partial charge on any atom is -0.461 e. The molecule has 0 saturated heterocycles. The van der Waals surface area contributed by atoms with Crippen LogP contribution in [0.1, 0.15) is 25.8 Å². The van der Waals surface area contributed by atoms with Crippen LogP contribution in [0.3, 0.4) is 0 Å². The summed E-state index contributed by atoms with van der Waals surface area (Å²) in [4.78, 5) is 11.3. The molecule has 2 N–H and O–H groups in total. The fourth-order valence-electron chi connectivity index (χ4n) is 1.16. The van der Waals surface area contributed by atoms with Gasteiger partial charge in [-0.25, -0.2) is 0 Å². The van der Waals surface area contributed by atoms with Crippen molar-refractivity contribution in [3.05, 3.63) is 35.9 Å². The molecular formula is C12H17NO2. The summed E-state index contributed by atoms with van der Waals surface area (Å²) < 4.78 is 5.09. The van der Waals surface area contributed by atoms with E-state index in [0.717, 1.165) is 5.56 Å². The van der Waals surface area contributed by atoms with Crippen LogP contribution in [0.4, 0.5) is 0 Å². The van der Waals surface area contributed by atoms with E-state index < -0.39 is 5.54 Å². The highest BCUT2D eigenvalue weighted by Gasteiger charge is 2.17. The second-order valence-electron chi connectivity index (χ2n) is 4.31. The molecule has 1 rings (SSSR count). The number of carbonyl (C=O) groups is 1. The van der Waals surface area contributed by atoms with Crippen molar-refractivity contribution in [2.45, 2.75) is 32.4 Å². The van der Waals surface area contributed by atoms with Crippen molar-refractivity contribution in [3.63, 3.8) is 0 Å². The molecule has 0 bridgehead atoms. The maximum absolute atomic E-state index is 11.3. The largest absolute Gasteiger partial charge is 0.461 e. The van der Waals surface area contributed by atoms with E-state index in [0.29, 0.717) is 6.61 Å². The van der Waals surface area contributed by atoms with Gasteiger partial charge in [0, 0.05) is 5.54 Å². The molecule has 0 amide bonds. The van der Waals surface area contributed by atoms with E-state index in [-0.39, 0.29) is 12.4 Å². The Morgan fingerprint density at radius 2 is 1.93 bits per heavy atom. The normalized spacial score (nSPS) is 11.1. The molecule has 0 aromatic heterocycles. The number of carbonyl (C=O) groups excluding carboxylic acids is 1. The van der Waals surface area contributed by atoms with Crippen molar-refractivity contribution in [1.29, 1.82) is 0 Å². The van der Waals surface area contributed by atoms with E-state index >= 15 is 0 Å². The van der Waals surface area contributed by atoms with Crippen molar-refractivity contribution in [3.8, 4) is 0 Å². The van der Waals surface area contributed by atoms with Gasteiger partial charge in [-0.2, -0.15) is 0 Å². The van der Waals surface area contributed by atoms with Gasteiger partial charge in [0.25, 0.3) is 0 Å². The number of rotatable bonds is 4. The van der Waals surface area contributed by atoms with Crippen LogP contribution < -0.4 is 5.73 Å². The predicted molar refractivity (Wildman–Crippen MR) is 59.1 cm³/mol. The van der Waals surface area contributed by atoms with Crippen LogP contribution in [0.15, 0.2) is 30.3 Å². The van der Waals surface area contributed by atoms with Crippen LogP contribution in [0, 0.1) is 0 Å². The molecule has 0 spiro atoms. The summed E-state index contributed by atoms with van der Waals surface area (Å²) >= 11 is 0. The first kappa shape index (κ1) is 11.7. The van der Waals surface area contributed by atoms with Crippen LogP contribution in [0.25, 0.3) is 0 Å². The summed E-state index contributed by atoms with van der Waals surface area (Å²) in [6, 6.07) is 9.59.